The average molecular weight is 188 g/mol. The highest BCUT2D eigenvalue weighted by atomic mass is 16.2. The molecule has 1 aromatic rings. The zero-order valence-electron chi connectivity index (χ0n) is 7.86. The molecule has 0 aromatic heterocycles. The van der Waals surface area contributed by atoms with Crippen molar-refractivity contribution >= 4 is 6.29 Å². The Morgan fingerprint density at radius 1 is 1.29 bits per heavy atom. The standard InChI is InChI=1S/C12H12O2/c13-9-2-1-3-11-4-6-12(7-5-11)8-10-14/h4-7,9,14H,2,8,10H2. The van der Waals surface area contributed by atoms with Crippen molar-refractivity contribution in [2.24, 2.45) is 0 Å². The zero-order chi connectivity index (χ0) is 10.2. The van der Waals surface area contributed by atoms with Gasteiger partial charge in [-0.05, 0) is 24.1 Å². The fourth-order valence-corrected chi connectivity index (χ4v) is 1.08. The third-order valence-electron chi connectivity index (χ3n) is 1.77. The Morgan fingerprint density at radius 3 is 2.57 bits per heavy atom. The second kappa shape index (κ2) is 5.95. The van der Waals surface area contributed by atoms with Crippen LogP contribution in [0, 0.1) is 11.8 Å². The predicted octanol–water partition coefficient (Wildman–Crippen LogP) is 1.16. The van der Waals surface area contributed by atoms with Gasteiger partial charge in [0.05, 0.1) is 6.42 Å². The normalized spacial score (nSPS) is 8.93. The van der Waals surface area contributed by atoms with Gasteiger partial charge in [0.1, 0.15) is 6.29 Å². The molecule has 0 radical (unpaired) electrons. The summed E-state index contributed by atoms with van der Waals surface area (Å²) in [6.45, 7) is 0.163. The quantitative estimate of drug-likeness (QED) is 0.571. The van der Waals surface area contributed by atoms with Crippen molar-refractivity contribution in [2.75, 3.05) is 6.61 Å². The number of hydrogen-bond donors (Lipinski definition) is 1. The van der Waals surface area contributed by atoms with Gasteiger partial charge >= 0.3 is 0 Å². The van der Waals surface area contributed by atoms with Gasteiger partial charge in [-0.2, -0.15) is 0 Å². The summed E-state index contributed by atoms with van der Waals surface area (Å²) in [5, 5.41) is 8.70. The Bertz CT molecular complexity index is 341. The fraction of sp³-hybridized carbons (Fsp3) is 0.250. The summed E-state index contributed by atoms with van der Waals surface area (Å²) in [7, 11) is 0. The minimum absolute atomic E-state index is 0.163. The van der Waals surface area contributed by atoms with E-state index in [9.17, 15) is 4.79 Å². The van der Waals surface area contributed by atoms with Crippen LogP contribution in [0.1, 0.15) is 17.5 Å². The van der Waals surface area contributed by atoms with E-state index in [4.69, 9.17) is 5.11 Å². The SMILES string of the molecule is O=CCC#Cc1ccc(CCO)cc1. The monoisotopic (exact) mass is 188 g/mol. The molecule has 1 rings (SSSR count). The first kappa shape index (κ1) is 10.5. The topological polar surface area (TPSA) is 37.3 Å². The highest BCUT2D eigenvalue weighted by molar-refractivity contribution is 5.54. The average Bonchev–Trinajstić information content (AvgIpc) is 2.21. The van der Waals surface area contributed by atoms with Crippen molar-refractivity contribution in [3.8, 4) is 11.8 Å². The molecule has 0 spiro atoms. The number of hydrogen-bond acceptors (Lipinski definition) is 2. The van der Waals surface area contributed by atoms with Crippen LogP contribution >= 0.6 is 0 Å². The van der Waals surface area contributed by atoms with Crippen molar-refractivity contribution in [1.82, 2.24) is 0 Å². The van der Waals surface area contributed by atoms with E-state index in [1.54, 1.807) is 0 Å². The molecular formula is C12H12O2. The molecule has 2 nitrogen and oxygen atoms in total. The maximum Gasteiger partial charge on any atom is 0.131 e. The van der Waals surface area contributed by atoms with Gasteiger partial charge in [0.2, 0.25) is 0 Å². The number of aliphatic hydroxyl groups is 1. The fourth-order valence-electron chi connectivity index (χ4n) is 1.08. The molecular weight excluding hydrogens is 176 g/mol. The van der Waals surface area contributed by atoms with Crippen molar-refractivity contribution in [3.63, 3.8) is 0 Å². The molecule has 1 aromatic carbocycles. The minimum Gasteiger partial charge on any atom is -0.396 e. The van der Waals surface area contributed by atoms with E-state index in [1.807, 2.05) is 24.3 Å². The summed E-state index contributed by atoms with van der Waals surface area (Å²) in [4.78, 5) is 10.0. The largest absolute Gasteiger partial charge is 0.396 e. The lowest BCUT2D eigenvalue weighted by atomic mass is 10.1. The lowest BCUT2D eigenvalue weighted by Gasteiger charge is -1.96. The van der Waals surface area contributed by atoms with Gasteiger partial charge in [0.25, 0.3) is 0 Å². The molecule has 0 aliphatic heterocycles. The number of carbonyl (C=O) groups excluding carboxylic acids is 1. The van der Waals surface area contributed by atoms with E-state index in [0.717, 1.165) is 17.4 Å². The minimum atomic E-state index is 0.163. The Balaban J connectivity index is 2.64. The molecule has 0 fully saturated rings. The summed E-state index contributed by atoms with van der Waals surface area (Å²) in [5.41, 5.74) is 1.99. The molecule has 0 aliphatic carbocycles. The maximum absolute atomic E-state index is 10.0. The van der Waals surface area contributed by atoms with Gasteiger partial charge in [-0.3, -0.25) is 0 Å². The van der Waals surface area contributed by atoms with Gasteiger partial charge in [0.15, 0.2) is 0 Å². The van der Waals surface area contributed by atoms with Crippen LogP contribution in [-0.4, -0.2) is 18.0 Å². The summed E-state index contributed by atoms with van der Waals surface area (Å²) in [6.07, 6.45) is 1.73. The van der Waals surface area contributed by atoms with E-state index < -0.39 is 0 Å². The smallest absolute Gasteiger partial charge is 0.131 e. The molecule has 2 heteroatoms. The van der Waals surface area contributed by atoms with Crippen LogP contribution < -0.4 is 0 Å². The molecule has 0 bridgehead atoms. The first-order valence-corrected chi connectivity index (χ1v) is 4.49. The number of carbonyl (C=O) groups is 1. The third-order valence-corrected chi connectivity index (χ3v) is 1.77. The van der Waals surface area contributed by atoms with Gasteiger partial charge in [-0.15, -0.1) is 0 Å². The van der Waals surface area contributed by atoms with E-state index >= 15 is 0 Å². The molecule has 0 amide bonds. The van der Waals surface area contributed by atoms with Crippen LogP contribution in [-0.2, 0) is 11.2 Å². The molecule has 0 aliphatic rings. The lowest BCUT2D eigenvalue weighted by Crippen LogP contribution is -1.89. The van der Waals surface area contributed by atoms with Gasteiger partial charge in [-0.1, -0.05) is 24.0 Å². The van der Waals surface area contributed by atoms with Crippen molar-refractivity contribution in [1.29, 1.82) is 0 Å². The summed E-state index contributed by atoms with van der Waals surface area (Å²) in [5.74, 6) is 5.61. The first-order valence-electron chi connectivity index (χ1n) is 4.49. The van der Waals surface area contributed by atoms with Crippen LogP contribution in [0.2, 0.25) is 0 Å². The Hall–Kier alpha value is -1.59. The van der Waals surface area contributed by atoms with Crippen molar-refractivity contribution in [2.45, 2.75) is 12.8 Å². The second-order valence-electron chi connectivity index (χ2n) is 2.84. The summed E-state index contributed by atoms with van der Waals surface area (Å²) >= 11 is 0. The second-order valence-corrected chi connectivity index (χ2v) is 2.84. The van der Waals surface area contributed by atoms with Crippen LogP contribution in [0.3, 0.4) is 0 Å². The highest BCUT2D eigenvalue weighted by Crippen LogP contribution is 2.03. The number of rotatable bonds is 3. The Morgan fingerprint density at radius 2 is 2.00 bits per heavy atom. The first-order chi connectivity index (χ1) is 6.86. The number of aldehydes is 1. The van der Waals surface area contributed by atoms with Crippen LogP contribution in [0.5, 0.6) is 0 Å². The lowest BCUT2D eigenvalue weighted by molar-refractivity contribution is -0.107. The highest BCUT2D eigenvalue weighted by Gasteiger charge is 1.90. The molecule has 0 atom stereocenters. The molecule has 0 saturated heterocycles. The molecule has 72 valence electrons. The Labute approximate surface area is 83.6 Å². The Kier molecular flexibility index (Phi) is 4.46. The number of benzene rings is 1. The summed E-state index contributed by atoms with van der Waals surface area (Å²) in [6, 6.07) is 7.65. The van der Waals surface area contributed by atoms with E-state index in [0.29, 0.717) is 6.42 Å². The van der Waals surface area contributed by atoms with Crippen LogP contribution in [0.25, 0.3) is 0 Å². The van der Waals surface area contributed by atoms with Crippen LogP contribution in [0.4, 0.5) is 0 Å². The zero-order valence-corrected chi connectivity index (χ0v) is 7.86. The van der Waals surface area contributed by atoms with Gasteiger partial charge in [-0.25, -0.2) is 0 Å². The van der Waals surface area contributed by atoms with Crippen LogP contribution in [0.15, 0.2) is 24.3 Å². The molecule has 0 heterocycles. The van der Waals surface area contributed by atoms with Gasteiger partial charge < -0.3 is 9.90 Å². The third kappa shape index (κ3) is 3.42. The van der Waals surface area contributed by atoms with E-state index in [1.165, 1.54) is 0 Å². The molecule has 0 saturated carbocycles. The summed E-state index contributed by atoms with van der Waals surface area (Å²) < 4.78 is 0. The van der Waals surface area contributed by atoms with Crippen molar-refractivity contribution < 1.29 is 9.90 Å². The van der Waals surface area contributed by atoms with Gasteiger partial charge in [0, 0.05) is 12.2 Å². The van der Waals surface area contributed by atoms with E-state index in [2.05, 4.69) is 11.8 Å². The molecule has 1 N–H and O–H groups in total. The molecule has 0 unspecified atom stereocenters. The molecule has 14 heavy (non-hydrogen) atoms. The van der Waals surface area contributed by atoms with E-state index in [-0.39, 0.29) is 13.0 Å². The maximum atomic E-state index is 10.0. The number of aliphatic hydroxyl groups excluding tert-OH is 1. The van der Waals surface area contributed by atoms with Crippen molar-refractivity contribution in [3.05, 3.63) is 35.4 Å². The predicted molar refractivity (Wildman–Crippen MR) is 54.8 cm³/mol.